The van der Waals surface area contributed by atoms with Crippen LogP contribution >= 0.6 is 0 Å². The molecule has 0 aliphatic carbocycles. The van der Waals surface area contributed by atoms with Crippen molar-refractivity contribution in [2.75, 3.05) is 7.11 Å². The first-order valence-corrected chi connectivity index (χ1v) is 10.4. The van der Waals surface area contributed by atoms with E-state index in [0.29, 0.717) is 19.4 Å². The molecule has 1 unspecified atom stereocenters. The fourth-order valence-electron chi connectivity index (χ4n) is 3.13. The summed E-state index contributed by atoms with van der Waals surface area (Å²) in [6, 6.07) is 15.2. The van der Waals surface area contributed by atoms with Gasteiger partial charge >= 0.3 is 0 Å². The molecule has 2 aromatic rings. The number of carbonyl (C=O) groups is 2. The Morgan fingerprint density at radius 1 is 1.00 bits per heavy atom. The van der Waals surface area contributed by atoms with E-state index in [1.807, 2.05) is 76.2 Å². The second-order valence-corrected chi connectivity index (χ2v) is 8.77. The second-order valence-electron chi connectivity index (χ2n) is 8.77. The zero-order chi connectivity index (χ0) is 22.3. The Morgan fingerprint density at radius 2 is 1.57 bits per heavy atom. The van der Waals surface area contributed by atoms with Gasteiger partial charge in [-0.2, -0.15) is 0 Å². The third-order valence-electron chi connectivity index (χ3n) is 4.93. The molecule has 2 aromatic carbocycles. The monoisotopic (exact) mass is 410 g/mol. The number of nitrogens with zero attached hydrogens (tertiary/aromatic N) is 1. The summed E-state index contributed by atoms with van der Waals surface area (Å²) in [6.07, 6.45) is 0.998. The quantitative estimate of drug-likeness (QED) is 0.707. The number of amides is 2. The fourth-order valence-corrected chi connectivity index (χ4v) is 3.13. The van der Waals surface area contributed by atoms with Crippen LogP contribution in [-0.2, 0) is 22.6 Å². The number of aryl methyl sites for hydroxylation is 2. The molecule has 0 bridgehead atoms. The number of hydrogen-bond acceptors (Lipinski definition) is 3. The number of hydrogen-bond donors (Lipinski definition) is 1. The van der Waals surface area contributed by atoms with Crippen LogP contribution in [0, 0.1) is 6.92 Å². The highest BCUT2D eigenvalue weighted by atomic mass is 16.5. The Balaban J connectivity index is 2.16. The summed E-state index contributed by atoms with van der Waals surface area (Å²) < 4.78 is 5.21. The lowest BCUT2D eigenvalue weighted by atomic mass is 10.1. The molecule has 0 aliphatic heterocycles. The first-order valence-electron chi connectivity index (χ1n) is 10.4. The third-order valence-corrected chi connectivity index (χ3v) is 4.93. The van der Waals surface area contributed by atoms with E-state index in [2.05, 4.69) is 5.32 Å². The van der Waals surface area contributed by atoms with Crippen LogP contribution in [0.25, 0.3) is 0 Å². The van der Waals surface area contributed by atoms with Crippen molar-refractivity contribution in [3.63, 3.8) is 0 Å². The molecule has 0 heterocycles. The summed E-state index contributed by atoms with van der Waals surface area (Å²) in [6.45, 7) is 10.0. The van der Waals surface area contributed by atoms with Crippen LogP contribution in [0.4, 0.5) is 0 Å². The van der Waals surface area contributed by atoms with E-state index in [-0.39, 0.29) is 17.4 Å². The molecule has 162 valence electrons. The van der Waals surface area contributed by atoms with Crippen molar-refractivity contribution in [2.45, 2.75) is 65.6 Å². The van der Waals surface area contributed by atoms with Gasteiger partial charge in [0.1, 0.15) is 11.8 Å². The maximum atomic E-state index is 13.1. The summed E-state index contributed by atoms with van der Waals surface area (Å²) in [4.78, 5) is 27.6. The van der Waals surface area contributed by atoms with Crippen LogP contribution in [0.1, 0.15) is 50.8 Å². The Labute approximate surface area is 180 Å². The standard InChI is InChI=1S/C25H34N2O3/c1-18-7-9-20(10-8-18)13-16-23(28)27(19(2)24(29)26-25(3,4)5)17-21-11-14-22(30-6)15-12-21/h7-12,14-15,19H,13,16-17H2,1-6H3,(H,26,29). The lowest BCUT2D eigenvalue weighted by molar-refractivity contribution is -0.141. The molecule has 0 spiro atoms. The van der Waals surface area contributed by atoms with Gasteiger partial charge in [0.15, 0.2) is 0 Å². The lowest BCUT2D eigenvalue weighted by Gasteiger charge is -2.31. The molecule has 5 heteroatoms. The van der Waals surface area contributed by atoms with Crippen LogP contribution in [0.2, 0.25) is 0 Å². The lowest BCUT2D eigenvalue weighted by Crippen LogP contribution is -2.52. The molecular formula is C25H34N2O3. The number of rotatable bonds is 8. The van der Waals surface area contributed by atoms with Crippen LogP contribution in [-0.4, -0.2) is 35.4 Å². The predicted octanol–water partition coefficient (Wildman–Crippen LogP) is 4.27. The Bertz CT molecular complexity index is 836. The third kappa shape index (κ3) is 7.21. The molecule has 5 nitrogen and oxygen atoms in total. The van der Waals surface area contributed by atoms with Gasteiger partial charge in [0.05, 0.1) is 7.11 Å². The first kappa shape index (κ1) is 23.5. The van der Waals surface area contributed by atoms with Gasteiger partial charge in [-0.05, 0) is 64.3 Å². The van der Waals surface area contributed by atoms with Gasteiger partial charge in [-0.3, -0.25) is 9.59 Å². The van der Waals surface area contributed by atoms with Crippen molar-refractivity contribution in [2.24, 2.45) is 0 Å². The average Bonchev–Trinajstić information content (AvgIpc) is 2.70. The highest BCUT2D eigenvalue weighted by Gasteiger charge is 2.28. The Hall–Kier alpha value is -2.82. The second kappa shape index (κ2) is 10.3. The van der Waals surface area contributed by atoms with Crippen LogP contribution < -0.4 is 10.1 Å². The van der Waals surface area contributed by atoms with Gasteiger partial charge in [0.25, 0.3) is 0 Å². The zero-order valence-electron chi connectivity index (χ0n) is 19.0. The summed E-state index contributed by atoms with van der Waals surface area (Å²) in [5.41, 5.74) is 2.90. The van der Waals surface area contributed by atoms with Gasteiger partial charge < -0.3 is 15.0 Å². The highest BCUT2D eigenvalue weighted by Crippen LogP contribution is 2.17. The number of ether oxygens (including phenoxy) is 1. The van der Waals surface area contributed by atoms with Crippen LogP contribution in [0.3, 0.4) is 0 Å². The van der Waals surface area contributed by atoms with Crippen molar-refractivity contribution < 1.29 is 14.3 Å². The molecule has 0 fully saturated rings. The molecule has 2 rings (SSSR count). The van der Waals surface area contributed by atoms with Gasteiger partial charge in [-0.1, -0.05) is 42.0 Å². The molecule has 0 radical (unpaired) electrons. The Kier molecular flexibility index (Phi) is 8.04. The minimum atomic E-state index is -0.572. The van der Waals surface area contributed by atoms with Gasteiger partial charge in [-0.25, -0.2) is 0 Å². The smallest absolute Gasteiger partial charge is 0.242 e. The molecular weight excluding hydrogens is 376 g/mol. The molecule has 1 atom stereocenters. The van der Waals surface area contributed by atoms with Crippen molar-refractivity contribution in [3.05, 3.63) is 65.2 Å². The topological polar surface area (TPSA) is 58.6 Å². The fraction of sp³-hybridized carbons (Fsp3) is 0.440. The van der Waals surface area contributed by atoms with E-state index in [9.17, 15) is 9.59 Å². The van der Waals surface area contributed by atoms with Crippen LogP contribution in [0.15, 0.2) is 48.5 Å². The molecule has 0 saturated heterocycles. The minimum absolute atomic E-state index is 0.0389. The predicted molar refractivity (Wildman–Crippen MR) is 120 cm³/mol. The summed E-state index contributed by atoms with van der Waals surface area (Å²) in [5.74, 6) is 0.567. The largest absolute Gasteiger partial charge is 0.497 e. The number of carbonyl (C=O) groups excluding carboxylic acids is 2. The summed E-state index contributed by atoms with van der Waals surface area (Å²) >= 11 is 0. The van der Waals surface area contributed by atoms with E-state index < -0.39 is 6.04 Å². The van der Waals surface area contributed by atoms with E-state index in [4.69, 9.17) is 4.74 Å². The molecule has 1 N–H and O–H groups in total. The summed E-state index contributed by atoms with van der Waals surface area (Å²) in [5, 5.41) is 2.99. The molecule has 2 amide bonds. The SMILES string of the molecule is COc1ccc(CN(C(=O)CCc2ccc(C)cc2)C(C)C(=O)NC(C)(C)C)cc1. The van der Waals surface area contributed by atoms with E-state index in [1.165, 1.54) is 5.56 Å². The average molecular weight is 411 g/mol. The summed E-state index contributed by atoms with van der Waals surface area (Å²) in [7, 11) is 1.62. The van der Waals surface area contributed by atoms with Gasteiger partial charge in [-0.15, -0.1) is 0 Å². The van der Waals surface area contributed by atoms with Crippen molar-refractivity contribution in [3.8, 4) is 5.75 Å². The van der Waals surface area contributed by atoms with Crippen molar-refractivity contribution in [1.29, 1.82) is 0 Å². The minimum Gasteiger partial charge on any atom is -0.497 e. The van der Waals surface area contributed by atoms with E-state index >= 15 is 0 Å². The maximum Gasteiger partial charge on any atom is 0.242 e. The number of nitrogens with one attached hydrogen (secondary N) is 1. The molecule has 0 aromatic heterocycles. The first-order chi connectivity index (χ1) is 14.1. The number of benzene rings is 2. The zero-order valence-corrected chi connectivity index (χ0v) is 19.0. The Morgan fingerprint density at radius 3 is 2.10 bits per heavy atom. The molecule has 0 saturated carbocycles. The van der Waals surface area contributed by atoms with Crippen molar-refractivity contribution >= 4 is 11.8 Å². The number of methoxy groups -OCH3 is 1. The van der Waals surface area contributed by atoms with E-state index in [0.717, 1.165) is 16.9 Å². The van der Waals surface area contributed by atoms with E-state index in [1.54, 1.807) is 18.9 Å². The molecule has 0 aliphatic rings. The highest BCUT2D eigenvalue weighted by molar-refractivity contribution is 5.87. The molecule has 30 heavy (non-hydrogen) atoms. The normalized spacial score (nSPS) is 12.2. The van der Waals surface area contributed by atoms with Gasteiger partial charge in [0, 0.05) is 18.5 Å². The maximum absolute atomic E-state index is 13.1. The van der Waals surface area contributed by atoms with Crippen molar-refractivity contribution in [1.82, 2.24) is 10.2 Å². The van der Waals surface area contributed by atoms with Gasteiger partial charge in [0.2, 0.25) is 11.8 Å². The van der Waals surface area contributed by atoms with Crippen LogP contribution in [0.5, 0.6) is 5.75 Å².